The second kappa shape index (κ2) is 7.20. The molecule has 0 radical (unpaired) electrons. The molecule has 1 aromatic carbocycles. The number of amidine groups is 1. The van der Waals surface area contributed by atoms with Crippen LogP contribution in [0.1, 0.15) is 31.7 Å². The molecule has 0 atom stereocenters. The third-order valence-electron chi connectivity index (χ3n) is 3.18. The van der Waals surface area contributed by atoms with Crippen LogP contribution in [0.2, 0.25) is 0 Å². The van der Waals surface area contributed by atoms with Gasteiger partial charge in [-0.2, -0.15) is 0 Å². The molecule has 0 bridgehead atoms. The zero-order valence-electron chi connectivity index (χ0n) is 11.6. The molecule has 1 aromatic rings. The molecular formula is C16H18N2OS. The van der Waals surface area contributed by atoms with Crippen molar-refractivity contribution in [2.75, 3.05) is 0 Å². The normalized spacial score (nSPS) is 16.4. The molecule has 3 nitrogen and oxygen atoms in total. The molecule has 0 saturated carbocycles. The van der Waals surface area contributed by atoms with Gasteiger partial charge in [-0.25, -0.2) is 9.98 Å². The van der Waals surface area contributed by atoms with Crippen LogP contribution in [0.4, 0.5) is 0 Å². The maximum atomic E-state index is 11.9. The summed E-state index contributed by atoms with van der Waals surface area (Å²) in [6.45, 7) is 5.52. The molecule has 104 valence electrons. The van der Waals surface area contributed by atoms with Gasteiger partial charge in [-0.3, -0.25) is 4.79 Å². The number of Topliss-reactive ketones (excluding diaryl/α,β-unsaturated/α-hetero) is 1. The molecule has 2 rings (SSSR count). The van der Waals surface area contributed by atoms with Crippen molar-refractivity contribution < 1.29 is 4.79 Å². The maximum Gasteiger partial charge on any atom is 0.187 e. The summed E-state index contributed by atoms with van der Waals surface area (Å²) in [6.07, 6.45) is 2.46. The van der Waals surface area contributed by atoms with Crippen LogP contribution in [-0.2, 0) is 10.5 Å². The van der Waals surface area contributed by atoms with Crippen LogP contribution in [0.15, 0.2) is 51.6 Å². The quantitative estimate of drug-likeness (QED) is 0.622. The Morgan fingerprint density at radius 3 is 2.70 bits per heavy atom. The minimum absolute atomic E-state index is 0.121. The van der Waals surface area contributed by atoms with Crippen LogP contribution in [0.25, 0.3) is 0 Å². The standard InChI is InChI=1S/C16H18N2OS/c1-12-7-6-10-14(19)15(12)18-16(17-2)20-11-13-8-4-3-5-9-13/h3-5,8-9H,2,6-7,10-11H2,1H3/b18-16+. The summed E-state index contributed by atoms with van der Waals surface area (Å²) in [5.74, 6) is 0.898. The number of allylic oxidation sites excluding steroid dienone is 2. The predicted molar refractivity (Wildman–Crippen MR) is 86.3 cm³/mol. The van der Waals surface area contributed by atoms with Crippen molar-refractivity contribution in [1.82, 2.24) is 0 Å². The molecule has 0 N–H and O–H groups in total. The van der Waals surface area contributed by atoms with E-state index in [2.05, 4.69) is 28.8 Å². The Morgan fingerprint density at radius 2 is 2.05 bits per heavy atom. The molecule has 0 spiro atoms. The van der Waals surface area contributed by atoms with Crippen molar-refractivity contribution in [2.45, 2.75) is 31.9 Å². The first-order valence-electron chi connectivity index (χ1n) is 6.66. The molecule has 20 heavy (non-hydrogen) atoms. The lowest BCUT2D eigenvalue weighted by Crippen LogP contribution is -2.10. The summed E-state index contributed by atoms with van der Waals surface area (Å²) >= 11 is 1.51. The summed E-state index contributed by atoms with van der Waals surface area (Å²) in [7, 11) is 0. The van der Waals surface area contributed by atoms with Gasteiger partial charge in [0.05, 0.1) is 0 Å². The van der Waals surface area contributed by atoms with E-state index in [4.69, 9.17) is 0 Å². The van der Waals surface area contributed by atoms with Gasteiger partial charge >= 0.3 is 0 Å². The van der Waals surface area contributed by atoms with E-state index >= 15 is 0 Å². The van der Waals surface area contributed by atoms with Crippen LogP contribution >= 0.6 is 11.8 Å². The van der Waals surface area contributed by atoms with E-state index in [1.165, 1.54) is 17.3 Å². The fourth-order valence-electron chi connectivity index (χ4n) is 2.08. The molecule has 0 saturated heterocycles. The zero-order valence-corrected chi connectivity index (χ0v) is 12.4. The number of thioether (sulfide) groups is 1. The number of nitrogens with zero attached hydrogens (tertiary/aromatic N) is 2. The van der Waals surface area contributed by atoms with Crippen LogP contribution < -0.4 is 0 Å². The van der Waals surface area contributed by atoms with Crippen LogP contribution in [0, 0.1) is 0 Å². The average Bonchev–Trinajstić information content (AvgIpc) is 2.47. The van der Waals surface area contributed by atoms with Gasteiger partial charge in [-0.15, -0.1) is 0 Å². The third kappa shape index (κ3) is 3.90. The third-order valence-corrected chi connectivity index (χ3v) is 4.13. The van der Waals surface area contributed by atoms with E-state index in [0.29, 0.717) is 17.3 Å². The Morgan fingerprint density at radius 1 is 1.30 bits per heavy atom. The molecular weight excluding hydrogens is 268 g/mol. The number of hydrogen-bond acceptors (Lipinski definition) is 3. The highest BCUT2D eigenvalue weighted by Gasteiger charge is 2.18. The van der Waals surface area contributed by atoms with Gasteiger partial charge in [0.1, 0.15) is 5.70 Å². The van der Waals surface area contributed by atoms with Gasteiger partial charge in [0, 0.05) is 12.2 Å². The predicted octanol–water partition coefficient (Wildman–Crippen LogP) is 4.00. The van der Waals surface area contributed by atoms with Crippen LogP contribution in [-0.4, -0.2) is 17.7 Å². The number of aliphatic imine (C=N–C) groups is 2. The van der Waals surface area contributed by atoms with Gasteiger partial charge in [0.15, 0.2) is 11.0 Å². The molecule has 0 aliphatic heterocycles. The van der Waals surface area contributed by atoms with Crippen LogP contribution in [0.5, 0.6) is 0 Å². The fraction of sp³-hybridized carbons (Fsp3) is 0.312. The van der Waals surface area contributed by atoms with E-state index in [1.54, 1.807) is 0 Å². The highest BCUT2D eigenvalue weighted by molar-refractivity contribution is 8.13. The van der Waals surface area contributed by atoms with Crippen molar-refractivity contribution >= 4 is 29.4 Å². The Balaban J connectivity index is 2.10. The van der Waals surface area contributed by atoms with E-state index in [0.717, 1.165) is 24.2 Å². The Kier molecular flexibility index (Phi) is 5.30. The van der Waals surface area contributed by atoms with Gasteiger partial charge < -0.3 is 0 Å². The summed E-state index contributed by atoms with van der Waals surface area (Å²) in [4.78, 5) is 20.2. The van der Waals surface area contributed by atoms with Crippen molar-refractivity contribution in [3.8, 4) is 0 Å². The van der Waals surface area contributed by atoms with Gasteiger partial charge in [0.2, 0.25) is 0 Å². The van der Waals surface area contributed by atoms with E-state index in [9.17, 15) is 4.79 Å². The molecule has 0 aromatic heterocycles. The minimum Gasteiger partial charge on any atom is -0.292 e. The molecule has 0 fully saturated rings. The first kappa shape index (κ1) is 14.7. The molecule has 1 aliphatic rings. The van der Waals surface area contributed by atoms with Gasteiger partial charge in [-0.05, 0) is 37.6 Å². The molecule has 0 heterocycles. The highest BCUT2D eigenvalue weighted by atomic mass is 32.2. The highest BCUT2D eigenvalue weighted by Crippen LogP contribution is 2.24. The summed E-state index contributed by atoms with van der Waals surface area (Å²) in [5, 5.41) is 0.568. The minimum atomic E-state index is 0.121. The molecule has 0 amide bonds. The van der Waals surface area contributed by atoms with Gasteiger partial charge in [-0.1, -0.05) is 42.1 Å². The number of carbonyl (C=O) groups excluding carboxylic acids is 1. The number of benzene rings is 1. The SMILES string of the molecule is C=N/C(=N\C1=C(C)CCCC1=O)SCc1ccccc1. The topological polar surface area (TPSA) is 41.8 Å². The Labute approximate surface area is 123 Å². The lowest BCUT2D eigenvalue weighted by Gasteiger charge is -2.13. The number of rotatable bonds is 3. The lowest BCUT2D eigenvalue weighted by molar-refractivity contribution is -0.116. The number of ketones is 1. The smallest absolute Gasteiger partial charge is 0.187 e. The largest absolute Gasteiger partial charge is 0.292 e. The molecule has 4 heteroatoms. The second-order valence-corrected chi connectivity index (χ2v) is 5.67. The summed E-state index contributed by atoms with van der Waals surface area (Å²) in [5.41, 5.74) is 2.84. The average molecular weight is 286 g/mol. The maximum absolute atomic E-state index is 11.9. The zero-order chi connectivity index (χ0) is 14.4. The Hall–Kier alpha value is -1.68. The van der Waals surface area contributed by atoms with Crippen molar-refractivity contribution in [3.05, 3.63) is 47.2 Å². The lowest BCUT2D eigenvalue weighted by atomic mass is 9.97. The van der Waals surface area contributed by atoms with Crippen molar-refractivity contribution in [2.24, 2.45) is 9.98 Å². The van der Waals surface area contributed by atoms with E-state index in [1.807, 2.05) is 25.1 Å². The van der Waals surface area contributed by atoms with Gasteiger partial charge in [0.25, 0.3) is 0 Å². The first-order chi connectivity index (χ1) is 9.70. The summed E-state index contributed by atoms with van der Waals surface area (Å²) < 4.78 is 0. The summed E-state index contributed by atoms with van der Waals surface area (Å²) in [6, 6.07) is 10.1. The first-order valence-corrected chi connectivity index (χ1v) is 7.64. The number of carbonyl (C=O) groups is 1. The molecule has 1 aliphatic carbocycles. The van der Waals surface area contributed by atoms with Crippen LogP contribution in [0.3, 0.4) is 0 Å². The van der Waals surface area contributed by atoms with E-state index < -0.39 is 0 Å². The van der Waals surface area contributed by atoms with E-state index in [-0.39, 0.29) is 5.78 Å². The fourth-order valence-corrected chi connectivity index (χ4v) is 2.81. The molecule has 0 unspecified atom stereocenters. The van der Waals surface area contributed by atoms with Crippen molar-refractivity contribution in [3.63, 3.8) is 0 Å². The Bertz CT molecular complexity index is 561. The van der Waals surface area contributed by atoms with Crippen molar-refractivity contribution in [1.29, 1.82) is 0 Å². The monoisotopic (exact) mass is 286 g/mol. The second-order valence-electron chi connectivity index (χ2n) is 4.73. The number of hydrogen-bond donors (Lipinski definition) is 0.